The average Bonchev–Trinajstić information content (AvgIpc) is 3.05. The Morgan fingerprint density at radius 1 is 1.59 bits per heavy atom. The molecule has 2 rings (SSSR count). The number of hydrogen-bond acceptors (Lipinski definition) is 4. The Labute approximate surface area is 154 Å². The fraction of sp³-hybridized carbons (Fsp3) is 0.667. The summed E-state index contributed by atoms with van der Waals surface area (Å²) in [7, 11) is 0. The number of hydrogen-bond donors (Lipinski definition) is 2. The zero-order valence-electron chi connectivity index (χ0n) is 13.2. The van der Waals surface area contributed by atoms with E-state index >= 15 is 0 Å². The summed E-state index contributed by atoms with van der Waals surface area (Å²) in [6.45, 7) is 7.46. The molecule has 5 nitrogen and oxygen atoms in total. The molecule has 1 aromatic heterocycles. The van der Waals surface area contributed by atoms with Crippen LogP contribution < -0.4 is 5.32 Å². The van der Waals surface area contributed by atoms with Crippen LogP contribution in [0.15, 0.2) is 27.8 Å². The molecule has 0 amide bonds. The topological polar surface area (TPSA) is 61.0 Å². The molecule has 0 bridgehead atoms. The third-order valence-electron chi connectivity index (χ3n) is 3.51. The molecule has 126 valence electrons. The van der Waals surface area contributed by atoms with Crippen molar-refractivity contribution in [1.82, 2.24) is 10.2 Å². The molecule has 1 aliphatic rings. The lowest BCUT2D eigenvalue weighted by molar-refractivity contribution is 0.158. The summed E-state index contributed by atoms with van der Waals surface area (Å²) >= 11 is 2.04. The third-order valence-corrected chi connectivity index (χ3v) is 4.89. The third kappa shape index (κ3) is 5.66. The number of nitrogens with one attached hydrogen (secondary N) is 1. The van der Waals surface area contributed by atoms with E-state index in [1.165, 1.54) is 6.42 Å². The molecule has 0 saturated carbocycles. The van der Waals surface area contributed by atoms with Gasteiger partial charge in [-0.05, 0) is 25.5 Å². The number of rotatable bonds is 5. The molecule has 1 aromatic rings. The first kappa shape index (κ1) is 19.6. The standard InChI is InChI=1S/C15H25N3O2S.HI/c1-3-12-11-18(7-9-21-12)15(16-4-2)17-10-13(19)14-6-5-8-20-14;/h5-6,8,12-13,19H,3-4,7,9-11H2,1-2H3,(H,16,17);1H. The van der Waals surface area contributed by atoms with Gasteiger partial charge in [-0.1, -0.05) is 6.92 Å². The van der Waals surface area contributed by atoms with Crippen LogP contribution in [0.1, 0.15) is 32.1 Å². The van der Waals surface area contributed by atoms with E-state index in [0.717, 1.165) is 31.3 Å². The second kappa shape index (κ2) is 10.4. The first-order valence-corrected chi connectivity index (χ1v) is 8.65. The average molecular weight is 439 g/mol. The van der Waals surface area contributed by atoms with Crippen molar-refractivity contribution in [1.29, 1.82) is 0 Å². The molecule has 7 heteroatoms. The number of aliphatic hydroxyl groups is 1. The Morgan fingerprint density at radius 3 is 3.05 bits per heavy atom. The maximum Gasteiger partial charge on any atom is 0.194 e. The molecular formula is C15H26IN3O2S. The Bertz CT molecular complexity index is 442. The molecule has 2 unspecified atom stereocenters. The van der Waals surface area contributed by atoms with Crippen molar-refractivity contribution in [2.45, 2.75) is 31.6 Å². The zero-order valence-corrected chi connectivity index (χ0v) is 16.3. The van der Waals surface area contributed by atoms with Gasteiger partial charge in [0.1, 0.15) is 11.9 Å². The minimum absolute atomic E-state index is 0. The quantitative estimate of drug-likeness (QED) is 0.420. The van der Waals surface area contributed by atoms with Crippen molar-refractivity contribution in [3.05, 3.63) is 24.2 Å². The van der Waals surface area contributed by atoms with Gasteiger partial charge in [0.2, 0.25) is 0 Å². The highest BCUT2D eigenvalue weighted by Gasteiger charge is 2.21. The predicted octanol–water partition coefficient (Wildman–Crippen LogP) is 2.72. The highest BCUT2D eigenvalue weighted by atomic mass is 127. The van der Waals surface area contributed by atoms with Crippen LogP contribution in [0.25, 0.3) is 0 Å². The van der Waals surface area contributed by atoms with Crippen molar-refractivity contribution in [3.8, 4) is 0 Å². The van der Waals surface area contributed by atoms with Crippen LogP contribution in [-0.2, 0) is 0 Å². The SMILES string of the molecule is CCNC(=NCC(O)c1ccco1)N1CCSC(CC)C1.I. The van der Waals surface area contributed by atoms with Crippen LogP contribution in [0, 0.1) is 0 Å². The van der Waals surface area contributed by atoms with Crippen molar-refractivity contribution in [2.75, 3.05) is 31.9 Å². The van der Waals surface area contributed by atoms with Gasteiger partial charge in [-0.15, -0.1) is 24.0 Å². The van der Waals surface area contributed by atoms with Crippen LogP contribution in [0.2, 0.25) is 0 Å². The zero-order chi connectivity index (χ0) is 15.1. The molecular weight excluding hydrogens is 413 g/mol. The lowest BCUT2D eigenvalue weighted by atomic mass is 10.3. The number of aliphatic imine (C=N–C) groups is 1. The molecule has 22 heavy (non-hydrogen) atoms. The highest BCUT2D eigenvalue weighted by molar-refractivity contribution is 14.0. The van der Waals surface area contributed by atoms with Gasteiger partial charge in [-0.2, -0.15) is 11.8 Å². The minimum Gasteiger partial charge on any atom is -0.467 e. The van der Waals surface area contributed by atoms with Gasteiger partial charge in [0, 0.05) is 30.6 Å². The molecule has 2 atom stereocenters. The van der Waals surface area contributed by atoms with Gasteiger partial charge in [-0.25, -0.2) is 4.99 Å². The van der Waals surface area contributed by atoms with Crippen LogP contribution in [0.5, 0.6) is 0 Å². The maximum atomic E-state index is 10.1. The van der Waals surface area contributed by atoms with Crippen molar-refractivity contribution in [3.63, 3.8) is 0 Å². The van der Waals surface area contributed by atoms with Gasteiger partial charge in [0.15, 0.2) is 5.96 Å². The van der Waals surface area contributed by atoms with Gasteiger partial charge < -0.3 is 19.7 Å². The van der Waals surface area contributed by atoms with Crippen LogP contribution >= 0.6 is 35.7 Å². The van der Waals surface area contributed by atoms with Crippen LogP contribution in [0.3, 0.4) is 0 Å². The van der Waals surface area contributed by atoms with E-state index in [1.807, 2.05) is 11.8 Å². The van der Waals surface area contributed by atoms with Crippen molar-refractivity contribution >= 4 is 41.7 Å². The lowest BCUT2D eigenvalue weighted by Gasteiger charge is -2.34. The Morgan fingerprint density at radius 2 is 2.41 bits per heavy atom. The van der Waals surface area contributed by atoms with Gasteiger partial charge in [0.05, 0.1) is 12.8 Å². The summed E-state index contributed by atoms with van der Waals surface area (Å²) in [6, 6.07) is 3.55. The van der Waals surface area contributed by atoms with E-state index in [1.54, 1.807) is 18.4 Å². The fourth-order valence-corrected chi connectivity index (χ4v) is 3.51. The second-order valence-corrected chi connectivity index (χ2v) is 6.48. The lowest BCUT2D eigenvalue weighted by Crippen LogP contribution is -2.48. The number of furan rings is 1. The molecule has 1 aliphatic heterocycles. The summed E-state index contributed by atoms with van der Waals surface area (Å²) in [5.74, 6) is 2.58. The normalized spacial score (nSPS) is 20.4. The van der Waals surface area contributed by atoms with Crippen molar-refractivity contribution in [2.24, 2.45) is 4.99 Å². The summed E-state index contributed by atoms with van der Waals surface area (Å²) in [4.78, 5) is 6.87. The highest BCUT2D eigenvalue weighted by Crippen LogP contribution is 2.21. The molecule has 0 aromatic carbocycles. The largest absolute Gasteiger partial charge is 0.467 e. The predicted molar refractivity (Wildman–Crippen MR) is 103 cm³/mol. The van der Waals surface area contributed by atoms with Crippen LogP contribution in [-0.4, -0.2) is 53.1 Å². The molecule has 2 heterocycles. The number of thioether (sulfide) groups is 1. The van der Waals surface area contributed by atoms with E-state index in [0.29, 0.717) is 17.6 Å². The van der Waals surface area contributed by atoms with E-state index in [2.05, 4.69) is 29.1 Å². The molecule has 1 fully saturated rings. The molecule has 0 radical (unpaired) electrons. The smallest absolute Gasteiger partial charge is 0.194 e. The number of aliphatic hydroxyl groups excluding tert-OH is 1. The molecule has 1 saturated heterocycles. The monoisotopic (exact) mass is 439 g/mol. The minimum atomic E-state index is -0.685. The summed E-state index contributed by atoms with van der Waals surface area (Å²) in [6.07, 6.45) is 2.06. The summed E-state index contributed by atoms with van der Waals surface area (Å²) in [5, 5.41) is 14.1. The van der Waals surface area contributed by atoms with Crippen molar-refractivity contribution < 1.29 is 9.52 Å². The molecule has 0 spiro atoms. The number of nitrogens with zero attached hydrogens (tertiary/aromatic N) is 2. The Kier molecular flexibility index (Phi) is 9.27. The summed E-state index contributed by atoms with van der Waals surface area (Å²) < 4.78 is 5.21. The van der Waals surface area contributed by atoms with E-state index in [-0.39, 0.29) is 24.0 Å². The van der Waals surface area contributed by atoms with E-state index in [9.17, 15) is 5.11 Å². The van der Waals surface area contributed by atoms with Gasteiger partial charge in [0.25, 0.3) is 0 Å². The van der Waals surface area contributed by atoms with E-state index < -0.39 is 6.10 Å². The first-order valence-electron chi connectivity index (χ1n) is 7.60. The molecule has 2 N–H and O–H groups in total. The Balaban J connectivity index is 0.00000242. The van der Waals surface area contributed by atoms with E-state index in [4.69, 9.17) is 4.42 Å². The molecule has 0 aliphatic carbocycles. The maximum absolute atomic E-state index is 10.1. The van der Waals surface area contributed by atoms with Gasteiger partial charge >= 0.3 is 0 Å². The second-order valence-electron chi connectivity index (χ2n) is 5.07. The Hall–Kier alpha value is -0.410. The fourth-order valence-electron chi connectivity index (χ4n) is 2.33. The summed E-state index contributed by atoms with van der Waals surface area (Å²) in [5.41, 5.74) is 0. The first-order chi connectivity index (χ1) is 10.2. The van der Waals surface area contributed by atoms with Gasteiger partial charge in [-0.3, -0.25) is 0 Å². The number of halogens is 1. The number of guanidine groups is 1. The van der Waals surface area contributed by atoms with Crippen LogP contribution in [0.4, 0.5) is 0 Å².